The fourth-order valence-electron chi connectivity index (χ4n) is 2.03. The highest BCUT2D eigenvalue weighted by Gasteiger charge is 2.13. The number of aliphatic hydroxyl groups is 1. The monoisotopic (exact) mass is 286 g/mol. The van der Waals surface area contributed by atoms with Crippen LogP contribution in [0.3, 0.4) is 0 Å². The summed E-state index contributed by atoms with van der Waals surface area (Å²) in [6, 6.07) is 12.6. The number of carbonyl (C=O) groups is 1. The van der Waals surface area contributed by atoms with Crippen molar-refractivity contribution in [2.24, 2.45) is 7.05 Å². The number of nitrogens with one attached hydrogen (secondary N) is 1. The number of carbonyl (C=O) groups excluding carboxylic acids is 1. The summed E-state index contributed by atoms with van der Waals surface area (Å²) in [5, 5.41) is 12.5. The van der Waals surface area contributed by atoms with Gasteiger partial charge in [0.2, 0.25) is 0 Å². The van der Waals surface area contributed by atoms with Crippen LogP contribution in [0.2, 0.25) is 0 Å². The Kier molecular flexibility index (Phi) is 4.90. The number of pyridine rings is 1. The molecule has 0 aliphatic carbocycles. The minimum atomic E-state index is -0.691. The van der Waals surface area contributed by atoms with E-state index in [2.05, 4.69) is 5.32 Å². The number of nitrogens with zero attached hydrogens (tertiary/aromatic N) is 1. The topological polar surface area (TPSA) is 71.3 Å². The third kappa shape index (κ3) is 4.03. The molecule has 0 aliphatic heterocycles. The predicted octanol–water partition coefficient (Wildman–Crippen LogP) is 0.719. The van der Waals surface area contributed by atoms with E-state index >= 15 is 0 Å². The van der Waals surface area contributed by atoms with Crippen LogP contribution < -0.4 is 10.9 Å². The molecule has 2 aromatic rings. The second-order valence-electron chi connectivity index (χ2n) is 4.89. The van der Waals surface area contributed by atoms with Crippen LogP contribution >= 0.6 is 0 Å². The second kappa shape index (κ2) is 6.85. The molecule has 1 amide bonds. The number of rotatable bonds is 5. The maximum absolute atomic E-state index is 11.9. The molecule has 2 N–H and O–H groups in total. The predicted molar refractivity (Wildman–Crippen MR) is 80.2 cm³/mol. The van der Waals surface area contributed by atoms with E-state index in [1.54, 1.807) is 19.3 Å². The molecule has 1 atom stereocenters. The summed E-state index contributed by atoms with van der Waals surface area (Å²) in [6.45, 7) is 0.103. The van der Waals surface area contributed by atoms with Crippen molar-refractivity contribution in [3.8, 4) is 0 Å². The Morgan fingerprint density at radius 2 is 1.95 bits per heavy atom. The maximum Gasteiger partial charge on any atom is 0.263 e. The molecule has 0 spiro atoms. The summed E-state index contributed by atoms with van der Waals surface area (Å²) in [5.41, 5.74) is 0.717. The van der Waals surface area contributed by atoms with Crippen LogP contribution in [0.1, 0.15) is 15.9 Å². The van der Waals surface area contributed by atoms with Gasteiger partial charge in [0.15, 0.2) is 0 Å². The molecule has 0 radical (unpaired) electrons. The number of hydrogen-bond acceptors (Lipinski definition) is 3. The molecule has 0 saturated heterocycles. The molecule has 5 heteroatoms. The molecule has 1 aromatic heterocycles. The lowest BCUT2D eigenvalue weighted by Crippen LogP contribution is -2.36. The minimum Gasteiger partial charge on any atom is -0.391 e. The van der Waals surface area contributed by atoms with Crippen LogP contribution in [0.25, 0.3) is 0 Å². The quantitative estimate of drug-likeness (QED) is 0.850. The van der Waals surface area contributed by atoms with Crippen molar-refractivity contribution in [1.82, 2.24) is 9.88 Å². The summed E-state index contributed by atoms with van der Waals surface area (Å²) in [4.78, 5) is 23.7. The first-order valence-corrected chi connectivity index (χ1v) is 6.74. The highest BCUT2D eigenvalue weighted by atomic mass is 16.3. The van der Waals surface area contributed by atoms with Crippen molar-refractivity contribution in [2.45, 2.75) is 12.5 Å². The Morgan fingerprint density at radius 3 is 2.67 bits per heavy atom. The zero-order valence-corrected chi connectivity index (χ0v) is 11.8. The molecular weight excluding hydrogens is 268 g/mol. The van der Waals surface area contributed by atoms with Gasteiger partial charge in [-0.3, -0.25) is 9.59 Å². The number of amides is 1. The van der Waals surface area contributed by atoms with Gasteiger partial charge in [-0.05, 0) is 17.7 Å². The zero-order valence-electron chi connectivity index (χ0n) is 11.8. The Bertz CT molecular complexity index is 665. The van der Waals surface area contributed by atoms with E-state index in [1.165, 1.54) is 10.6 Å². The van der Waals surface area contributed by atoms with E-state index < -0.39 is 12.0 Å². The number of aromatic nitrogens is 1. The van der Waals surface area contributed by atoms with Crippen LogP contribution in [0.4, 0.5) is 0 Å². The second-order valence-corrected chi connectivity index (χ2v) is 4.89. The Morgan fingerprint density at radius 1 is 1.24 bits per heavy atom. The number of aliphatic hydroxyl groups excluding tert-OH is 1. The van der Waals surface area contributed by atoms with Gasteiger partial charge in [-0.15, -0.1) is 0 Å². The van der Waals surface area contributed by atoms with Crippen LogP contribution in [0, 0.1) is 0 Å². The molecule has 0 fully saturated rings. The van der Waals surface area contributed by atoms with Gasteiger partial charge >= 0.3 is 0 Å². The number of hydrogen-bond donors (Lipinski definition) is 2. The van der Waals surface area contributed by atoms with Crippen molar-refractivity contribution in [2.75, 3.05) is 6.54 Å². The first-order chi connectivity index (χ1) is 10.1. The van der Waals surface area contributed by atoms with Gasteiger partial charge < -0.3 is 15.0 Å². The lowest BCUT2D eigenvalue weighted by Gasteiger charge is -2.12. The van der Waals surface area contributed by atoms with Crippen LogP contribution in [-0.2, 0) is 13.5 Å². The largest absolute Gasteiger partial charge is 0.391 e. The molecule has 1 aromatic carbocycles. The molecule has 2 rings (SSSR count). The molecule has 21 heavy (non-hydrogen) atoms. The van der Waals surface area contributed by atoms with E-state index in [-0.39, 0.29) is 17.7 Å². The number of benzene rings is 1. The summed E-state index contributed by atoms with van der Waals surface area (Å²) >= 11 is 0. The normalized spacial score (nSPS) is 11.9. The summed E-state index contributed by atoms with van der Waals surface area (Å²) in [5.74, 6) is -0.469. The third-order valence-electron chi connectivity index (χ3n) is 3.18. The fourth-order valence-corrected chi connectivity index (χ4v) is 2.03. The maximum atomic E-state index is 11.9. The molecule has 1 unspecified atom stereocenters. The first-order valence-electron chi connectivity index (χ1n) is 6.74. The standard InChI is InChI=1S/C16H18N2O3/c1-18-9-5-8-14(16(18)21)15(20)17-11-13(19)10-12-6-3-2-4-7-12/h2-9,13,19H,10-11H2,1H3,(H,17,20). The zero-order chi connectivity index (χ0) is 15.2. The fraction of sp³-hybridized carbons (Fsp3) is 0.250. The van der Waals surface area contributed by atoms with E-state index in [4.69, 9.17) is 0 Å². The summed E-state index contributed by atoms with van der Waals surface area (Å²) in [7, 11) is 1.59. The van der Waals surface area contributed by atoms with Gasteiger partial charge in [0, 0.05) is 26.2 Å². The van der Waals surface area contributed by atoms with Gasteiger partial charge in [0.25, 0.3) is 11.5 Å². The lowest BCUT2D eigenvalue weighted by molar-refractivity contribution is 0.0914. The molecular formula is C16H18N2O3. The Hall–Kier alpha value is -2.40. The lowest BCUT2D eigenvalue weighted by atomic mass is 10.1. The van der Waals surface area contributed by atoms with Crippen LogP contribution in [0.15, 0.2) is 53.5 Å². The Labute approximate surface area is 122 Å². The van der Waals surface area contributed by atoms with Gasteiger partial charge in [-0.25, -0.2) is 0 Å². The smallest absolute Gasteiger partial charge is 0.263 e. The van der Waals surface area contributed by atoms with Crippen LogP contribution in [-0.4, -0.2) is 28.2 Å². The highest BCUT2D eigenvalue weighted by Crippen LogP contribution is 2.02. The molecule has 5 nitrogen and oxygen atoms in total. The third-order valence-corrected chi connectivity index (χ3v) is 3.18. The van der Waals surface area contributed by atoms with E-state index in [9.17, 15) is 14.7 Å². The average molecular weight is 286 g/mol. The van der Waals surface area contributed by atoms with Gasteiger partial charge in [0.05, 0.1) is 6.10 Å². The average Bonchev–Trinajstić information content (AvgIpc) is 2.48. The number of aryl methyl sites for hydroxylation is 1. The molecule has 1 heterocycles. The van der Waals surface area contributed by atoms with E-state index in [1.807, 2.05) is 30.3 Å². The van der Waals surface area contributed by atoms with Gasteiger partial charge in [-0.2, -0.15) is 0 Å². The molecule has 110 valence electrons. The van der Waals surface area contributed by atoms with Crippen molar-refractivity contribution in [3.63, 3.8) is 0 Å². The molecule has 0 aliphatic rings. The van der Waals surface area contributed by atoms with Gasteiger partial charge in [-0.1, -0.05) is 30.3 Å². The molecule has 0 saturated carbocycles. The van der Waals surface area contributed by atoms with Crippen molar-refractivity contribution in [3.05, 3.63) is 70.1 Å². The van der Waals surface area contributed by atoms with Crippen LogP contribution in [0.5, 0.6) is 0 Å². The molecule has 0 bridgehead atoms. The first kappa shape index (κ1) is 15.0. The van der Waals surface area contributed by atoms with Gasteiger partial charge in [0.1, 0.15) is 5.56 Å². The van der Waals surface area contributed by atoms with E-state index in [0.717, 1.165) is 5.56 Å². The van der Waals surface area contributed by atoms with Crippen molar-refractivity contribution >= 4 is 5.91 Å². The Balaban J connectivity index is 1.92. The summed E-state index contributed by atoms with van der Waals surface area (Å²) < 4.78 is 1.34. The van der Waals surface area contributed by atoms with Crippen molar-refractivity contribution < 1.29 is 9.90 Å². The SMILES string of the molecule is Cn1cccc(C(=O)NCC(O)Cc2ccccc2)c1=O. The summed E-state index contributed by atoms with van der Waals surface area (Å²) in [6.07, 6.45) is 1.35. The minimum absolute atomic E-state index is 0.0758. The van der Waals surface area contributed by atoms with Crippen molar-refractivity contribution in [1.29, 1.82) is 0 Å². The van der Waals surface area contributed by atoms with E-state index in [0.29, 0.717) is 6.42 Å². The highest BCUT2D eigenvalue weighted by molar-refractivity contribution is 5.93.